The molecule has 0 fully saturated rings. The second-order valence-electron chi connectivity index (χ2n) is 31.1. The fourth-order valence-electron chi connectivity index (χ4n) is 12.0. The first-order valence-corrected chi connectivity index (χ1v) is 47.2. The molecule has 0 aromatic carbocycles. The van der Waals surface area contributed by atoms with E-state index in [4.69, 9.17) is 37.0 Å². The Bertz CT molecular complexity index is 1880. The smallest absolute Gasteiger partial charge is 0.306 e. The molecule has 22 heteroatoms. The Morgan fingerprint density at radius 1 is 0.294 bits per heavy atom. The van der Waals surface area contributed by atoms with Crippen molar-refractivity contribution in [1.82, 2.24) is 0 Å². The average molecular weight is 1530 g/mol. The number of quaternary nitrogens is 2. The van der Waals surface area contributed by atoms with Gasteiger partial charge >= 0.3 is 23.9 Å². The number of nitrogens with zero attached hydrogens (tertiary/aromatic N) is 2. The van der Waals surface area contributed by atoms with Crippen molar-refractivity contribution in [2.24, 2.45) is 0 Å². The van der Waals surface area contributed by atoms with Gasteiger partial charge < -0.3 is 55.8 Å². The lowest BCUT2D eigenvalue weighted by molar-refractivity contribution is -0.870. The Balaban J connectivity index is 4.00. The Hall–Kier alpha value is -1.28. The van der Waals surface area contributed by atoms with Gasteiger partial charge in [-0.2, -0.15) is 0 Å². The highest BCUT2D eigenvalue weighted by molar-refractivity contribution is 8.76. The van der Waals surface area contributed by atoms with Gasteiger partial charge in [-0.25, -0.2) is 0 Å². The van der Waals surface area contributed by atoms with Crippen LogP contribution in [0.15, 0.2) is 0 Å². The summed E-state index contributed by atoms with van der Waals surface area (Å²) >= 11 is 0. The van der Waals surface area contributed by atoms with Gasteiger partial charge in [0.25, 0.3) is 15.6 Å². The van der Waals surface area contributed by atoms with E-state index < -0.39 is 64.9 Å². The lowest BCUT2D eigenvalue weighted by atomic mass is 10.0. The molecule has 18 nitrogen and oxygen atoms in total. The molecule has 0 saturated heterocycles. The lowest BCUT2D eigenvalue weighted by Gasteiger charge is -2.28. The van der Waals surface area contributed by atoms with Crippen molar-refractivity contribution in [1.29, 1.82) is 0 Å². The Kier molecular flexibility index (Phi) is 70.4. The first kappa shape index (κ1) is 101. The van der Waals surface area contributed by atoms with Gasteiger partial charge in [0.2, 0.25) is 0 Å². The van der Waals surface area contributed by atoms with Crippen LogP contribution in [0, 0.1) is 0 Å². The van der Waals surface area contributed by atoms with Crippen molar-refractivity contribution in [3.63, 3.8) is 0 Å². The summed E-state index contributed by atoms with van der Waals surface area (Å²) in [7, 11) is 6.38. The molecule has 0 aromatic rings. The van der Waals surface area contributed by atoms with Crippen molar-refractivity contribution in [2.75, 3.05) is 107 Å². The highest BCUT2D eigenvalue weighted by atomic mass is 33.1. The summed E-state index contributed by atoms with van der Waals surface area (Å²) in [5, 5.41) is 0. The number of unbranched alkanes of at least 4 members (excludes halogenated alkanes) is 48. The molecule has 0 amide bonds. The molecule has 0 aliphatic carbocycles. The molecular weight excluding hydrogens is 1370 g/mol. The highest BCUT2D eigenvalue weighted by Crippen LogP contribution is 2.39. The van der Waals surface area contributed by atoms with Crippen LogP contribution in [0.2, 0.25) is 0 Å². The normalized spacial score (nSPS) is 13.8. The molecule has 0 saturated carbocycles. The maximum Gasteiger partial charge on any atom is 0.306 e. The second-order valence-corrected chi connectivity index (χ2v) is 36.6. The van der Waals surface area contributed by atoms with E-state index in [1.54, 1.807) is 0 Å². The summed E-state index contributed by atoms with van der Waals surface area (Å²) in [5.74, 6) is 0.811. The van der Waals surface area contributed by atoms with Gasteiger partial charge in [-0.1, -0.05) is 331 Å². The van der Waals surface area contributed by atoms with Crippen molar-refractivity contribution in [3.8, 4) is 0 Å². The summed E-state index contributed by atoms with van der Waals surface area (Å²) in [6.07, 6.45) is 61.2. The Labute approximate surface area is 633 Å². The minimum atomic E-state index is -4.65. The van der Waals surface area contributed by atoms with Crippen molar-refractivity contribution < 1.29 is 84.1 Å². The first-order valence-electron chi connectivity index (χ1n) is 41.8. The number of likely N-dealkylation sites (N-methyl/N-ethyl adjacent to an activating group) is 2. The largest absolute Gasteiger partial charge is 0.756 e. The van der Waals surface area contributed by atoms with Crippen LogP contribution in [0.3, 0.4) is 0 Å². The van der Waals surface area contributed by atoms with Gasteiger partial charge in [0, 0.05) is 37.2 Å². The van der Waals surface area contributed by atoms with E-state index in [0.717, 1.165) is 89.9 Å². The fourth-order valence-corrected chi connectivity index (χ4v) is 15.7. The molecular formula is C80H158N2O16P2S2. The predicted octanol–water partition coefficient (Wildman–Crippen LogP) is 21.6. The molecule has 0 spiro atoms. The van der Waals surface area contributed by atoms with Gasteiger partial charge in [0.1, 0.15) is 39.5 Å². The van der Waals surface area contributed by atoms with Gasteiger partial charge in [-0.15, -0.1) is 0 Å². The molecule has 0 radical (unpaired) electrons. The second kappa shape index (κ2) is 71.3. The average Bonchev–Trinajstić information content (AvgIpc) is 0.921. The number of hydrogen-bond donors (Lipinski definition) is 0. The van der Waals surface area contributed by atoms with E-state index in [1.807, 2.05) is 42.3 Å². The van der Waals surface area contributed by atoms with Crippen LogP contribution < -0.4 is 9.79 Å². The zero-order valence-corrected chi connectivity index (χ0v) is 70.4. The molecule has 2 unspecified atom stereocenters. The third-order valence-corrected chi connectivity index (χ3v) is 23.1. The third kappa shape index (κ3) is 78.3. The zero-order valence-electron chi connectivity index (χ0n) is 67.0. The van der Waals surface area contributed by atoms with Gasteiger partial charge in [-0.3, -0.25) is 28.3 Å². The number of carbonyl (C=O) groups is 4. The van der Waals surface area contributed by atoms with E-state index in [0.29, 0.717) is 34.9 Å². The molecule has 0 aromatic heterocycles. The zero-order chi connectivity index (χ0) is 75.2. The molecule has 0 N–H and O–H groups in total. The summed E-state index contributed by atoms with van der Waals surface area (Å²) in [6, 6.07) is 0. The van der Waals surface area contributed by atoms with Crippen LogP contribution in [-0.4, -0.2) is 152 Å². The molecule has 606 valence electrons. The molecule has 4 atom stereocenters. The number of hydrogen-bond acceptors (Lipinski definition) is 18. The van der Waals surface area contributed by atoms with Crippen LogP contribution >= 0.6 is 37.2 Å². The van der Waals surface area contributed by atoms with E-state index in [2.05, 4.69) is 35.4 Å². The number of carbonyl (C=O) groups excluding carboxylic acids is 4. The SMILES string of the molecule is CCCCCCCCCCCCCCCC(=O)O[C@H](COC(=O)CCCCCCCCCCCCCCCSSCCCCCCCCCCCCCCCC(=O)OC[C@H](COP(=O)([O-])OCC[N+](C)(C)C)OC(=O)CCCCCCCCCCCCCCC)COP(=O)([O-])OCC[N+](C)(C)C. The van der Waals surface area contributed by atoms with E-state index >= 15 is 0 Å². The lowest BCUT2D eigenvalue weighted by Crippen LogP contribution is -2.37. The minimum Gasteiger partial charge on any atom is -0.756 e. The number of esters is 4. The standard InChI is InChI=1S/C80H158N2O16P2S2/c1-9-11-13-15-17-19-21-25-33-39-45-51-57-63-79(85)97-75(73-95-99(87,88)93-67-65-81(3,4)5)71-91-77(83)61-55-49-43-37-31-27-23-29-35-41-47-53-59-69-101-102-70-60-54-48-42-36-30-24-28-32-38-44-50-56-62-78(84)92-72-76(74-96-100(89,90)94-68-66-82(6,7)8)98-80(86)64-58-52-46-40-34-26-22-20-18-16-14-12-10-2/h75-76H,9-74H2,1-8H3/t75-,76-/m1/s1. The number of phosphoric acid groups is 2. The Morgan fingerprint density at radius 2 is 0.500 bits per heavy atom. The van der Waals surface area contributed by atoms with Gasteiger partial charge in [0.05, 0.1) is 55.5 Å². The highest BCUT2D eigenvalue weighted by Gasteiger charge is 2.24. The quantitative estimate of drug-likeness (QED) is 0.0138. The Morgan fingerprint density at radius 3 is 0.725 bits per heavy atom. The molecule has 0 aliphatic rings. The van der Waals surface area contributed by atoms with E-state index in [9.17, 15) is 38.1 Å². The van der Waals surface area contributed by atoms with Crippen molar-refractivity contribution in [3.05, 3.63) is 0 Å². The van der Waals surface area contributed by atoms with Crippen LogP contribution in [0.1, 0.15) is 373 Å². The van der Waals surface area contributed by atoms with Gasteiger partial charge in [-0.05, 0) is 38.5 Å². The number of phosphoric ester groups is 2. The van der Waals surface area contributed by atoms with Crippen molar-refractivity contribution >= 4 is 61.1 Å². The van der Waals surface area contributed by atoms with E-state index in [1.165, 1.54) is 243 Å². The van der Waals surface area contributed by atoms with Crippen LogP contribution in [0.4, 0.5) is 0 Å². The summed E-state index contributed by atoms with van der Waals surface area (Å²) in [5.41, 5.74) is 0. The van der Waals surface area contributed by atoms with Crippen LogP contribution in [0.5, 0.6) is 0 Å². The van der Waals surface area contributed by atoms with Gasteiger partial charge in [0.15, 0.2) is 12.2 Å². The fraction of sp³-hybridized carbons (Fsp3) is 0.950. The molecule has 102 heavy (non-hydrogen) atoms. The molecule has 0 rings (SSSR count). The maximum atomic E-state index is 12.8. The molecule has 0 heterocycles. The monoisotopic (exact) mass is 1530 g/mol. The summed E-state index contributed by atoms with van der Waals surface area (Å²) < 4.78 is 68.4. The summed E-state index contributed by atoms with van der Waals surface area (Å²) in [4.78, 5) is 75.9. The first-order chi connectivity index (χ1) is 49.1. The topological polar surface area (TPSA) is 222 Å². The number of ether oxygens (including phenoxy) is 4. The third-order valence-electron chi connectivity index (χ3n) is 18.6. The van der Waals surface area contributed by atoms with Crippen LogP contribution in [0.25, 0.3) is 0 Å². The predicted molar refractivity (Wildman–Crippen MR) is 421 cm³/mol. The van der Waals surface area contributed by atoms with Crippen LogP contribution in [-0.2, 0) is 65.4 Å². The number of rotatable bonds is 81. The molecule has 0 bridgehead atoms. The van der Waals surface area contributed by atoms with E-state index in [-0.39, 0.29) is 52.1 Å². The minimum absolute atomic E-state index is 0.0402. The summed E-state index contributed by atoms with van der Waals surface area (Å²) in [6.45, 7) is 3.85. The maximum absolute atomic E-state index is 12.8. The molecule has 0 aliphatic heterocycles. The van der Waals surface area contributed by atoms with Crippen molar-refractivity contribution in [2.45, 2.75) is 386 Å².